The summed E-state index contributed by atoms with van der Waals surface area (Å²) >= 11 is 3.75. The van der Waals surface area contributed by atoms with Crippen LogP contribution in [-0.4, -0.2) is 100 Å². The van der Waals surface area contributed by atoms with Crippen molar-refractivity contribution in [3.8, 4) is 0 Å². The number of ether oxygens (including phenoxy) is 3. The molecule has 2 bridgehead atoms. The number of rotatable bonds is 19. The number of hydrogen-bond donors (Lipinski definition) is 2. The van der Waals surface area contributed by atoms with E-state index in [4.69, 9.17) is 14.2 Å². The predicted molar refractivity (Wildman–Crippen MR) is 203 cm³/mol. The number of esters is 1. The van der Waals surface area contributed by atoms with E-state index in [1.54, 1.807) is 29.2 Å². The first-order valence-corrected chi connectivity index (χ1v) is 19.3. The van der Waals surface area contributed by atoms with E-state index in [2.05, 4.69) is 34.4 Å². The van der Waals surface area contributed by atoms with E-state index < -0.39 is 59.6 Å². The lowest BCUT2D eigenvalue weighted by atomic mass is 9.70. The number of nitrogens with zero attached hydrogens (tertiary/aromatic N) is 2. The van der Waals surface area contributed by atoms with Gasteiger partial charge in [0.15, 0.2) is 0 Å². The summed E-state index contributed by atoms with van der Waals surface area (Å²) in [6, 6.07) is 16.1. The second-order valence-electron chi connectivity index (χ2n) is 14.6. The number of nitrogens with one attached hydrogen (secondary N) is 1. The molecule has 5 rings (SSSR count). The number of carbonyl (C=O) groups excluding carboxylic acids is 4. The van der Waals surface area contributed by atoms with Crippen molar-refractivity contribution in [3.05, 3.63) is 97.1 Å². The molecule has 0 aliphatic carbocycles. The molecular formula is C41H52BrN3O8. The van der Waals surface area contributed by atoms with Crippen LogP contribution in [0.15, 0.2) is 86.0 Å². The van der Waals surface area contributed by atoms with Crippen molar-refractivity contribution in [3.63, 3.8) is 0 Å². The van der Waals surface area contributed by atoms with Crippen molar-refractivity contribution in [2.45, 2.75) is 86.8 Å². The maximum atomic E-state index is 14.9. The second kappa shape index (κ2) is 18.0. The summed E-state index contributed by atoms with van der Waals surface area (Å²) in [4.78, 5) is 60.2. The minimum Gasteiger partial charge on any atom is -0.455 e. The fraction of sp³-hybridized carbons (Fsp3) is 0.512. The minimum atomic E-state index is -1.37. The Balaban J connectivity index is 1.54. The maximum Gasteiger partial charge on any atom is 0.313 e. The number of likely N-dealkylation sites (tertiary alicyclic amines) is 1. The molecule has 2 aromatic rings. The highest BCUT2D eigenvalue weighted by atomic mass is 79.9. The smallest absolute Gasteiger partial charge is 0.313 e. The number of hydrogen-bond acceptors (Lipinski definition) is 8. The average Bonchev–Trinajstić information content (AvgIpc) is 3.75. The van der Waals surface area contributed by atoms with Gasteiger partial charge in [-0.1, -0.05) is 103 Å². The number of aliphatic hydroxyl groups is 1. The molecule has 12 heteroatoms. The molecule has 53 heavy (non-hydrogen) atoms. The normalized spacial score (nSPS) is 26.1. The van der Waals surface area contributed by atoms with Crippen LogP contribution in [0.1, 0.15) is 56.8 Å². The van der Waals surface area contributed by atoms with Crippen molar-refractivity contribution < 1.29 is 38.5 Å². The van der Waals surface area contributed by atoms with Crippen LogP contribution in [0.4, 0.5) is 0 Å². The molecule has 1 unspecified atom stereocenters. The van der Waals surface area contributed by atoms with Crippen LogP contribution in [-0.2, 0) is 39.9 Å². The number of methoxy groups -OCH3 is 1. The van der Waals surface area contributed by atoms with E-state index in [-0.39, 0.29) is 55.3 Å². The monoisotopic (exact) mass is 793 g/mol. The fourth-order valence-electron chi connectivity index (χ4n) is 8.32. The number of aliphatic hydroxyl groups excluding tert-OH is 1. The molecule has 3 saturated heterocycles. The number of halogens is 1. The highest BCUT2D eigenvalue weighted by Crippen LogP contribution is 2.61. The zero-order valence-electron chi connectivity index (χ0n) is 30.8. The zero-order valence-corrected chi connectivity index (χ0v) is 32.4. The number of fused-ring (bicyclic) bond motifs is 1. The minimum absolute atomic E-state index is 0.0446. The van der Waals surface area contributed by atoms with Gasteiger partial charge < -0.3 is 34.4 Å². The molecule has 286 valence electrons. The van der Waals surface area contributed by atoms with E-state index >= 15 is 0 Å². The Kier molecular flexibility index (Phi) is 13.7. The van der Waals surface area contributed by atoms with Gasteiger partial charge in [0.05, 0.1) is 43.2 Å². The molecule has 0 saturated carbocycles. The van der Waals surface area contributed by atoms with Gasteiger partial charge in [-0.3, -0.25) is 19.2 Å². The van der Waals surface area contributed by atoms with Crippen molar-refractivity contribution in [2.24, 2.45) is 17.8 Å². The van der Waals surface area contributed by atoms with Gasteiger partial charge in [0.1, 0.15) is 17.7 Å². The Labute approximate surface area is 320 Å². The third kappa shape index (κ3) is 8.46. The SMILES string of the molecule is C=CCCC(=O)N[C@H](COC)[C@H](OC(=O)[C@@H]1[C@H]2O[C@@]3(CC2Br)[C@H](C(=O)N(CC=C)Cc2ccccc2)N([C@@H](CO)CC(C)C)C(=O)[C@@H]13)c1ccccc1. The maximum absolute atomic E-state index is 14.9. The van der Waals surface area contributed by atoms with Gasteiger partial charge in [-0.05, 0) is 36.3 Å². The first kappa shape index (κ1) is 40.3. The summed E-state index contributed by atoms with van der Waals surface area (Å²) in [6.07, 6.45) is 2.96. The molecule has 11 nitrogen and oxygen atoms in total. The number of allylic oxidation sites excluding steroid dienone is 1. The number of amides is 3. The summed E-state index contributed by atoms with van der Waals surface area (Å²) in [5.74, 6) is -3.74. The Morgan fingerprint density at radius 3 is 2.40 bits per heavy atom. The Morgan fingerprint density at radius 1 is 1.11 bits per heavy atom. The van der Waals surface area contributed by atoms with Gasteiger partial charge in [0, 0.05) is 31.4 Å². The van der Waals surface area contributed by atoms with E-state index in [1.165, 1.54) is 12.0 Å². The fourth-order valence-corrected chi connectivity index (χ4v) is 9.26. The van der Waals surface area contributed by atoms with Crippen molar-refractivity contribution in [1.82, 2.24) is 15.1 Å². The highest BCUT2D eigenvalue weighted by molar-refractivity contribution is 9.09. The molecule has 3 fully saturated rings. The second-order valence-corrected chi connectivity index (χ2v) is 15.8. The van der Waals surface area contributed by atoms with Gasteiger partial charge in [-0.25, -0.2) is 0 Å². The summed E-state index contributed by atoms with van der Waals surface area (Å²) in [6.45, 7) is 11.7. The van der Waals surface area contributed by atoms with Crippen LogP contribution < -0.4 is 5.32 Å². The quantitative estimate of drug-likeness (QED) is 0.119. The molecule has 1 spiro atoms. The lowest BCUT2D eigenvalue weighted by Crippen LogP contribution is -2.59. The number of alkyl halides is 1. The van der Waals surface area contributed by atoms with E-state index in [9.17, 15) is 24.3 Å². The molecular weight excluding hydrogens is 742 g/mol. The molecule has 9 atom stereocenters. The Bertz CT molecular complexity index is 1610. The molecule has 3 aliphatic rings. The van der Waals surface area contributed by atoms with Gasteiger partial charge in [0.2, 0.25) is 17.7 Å². The average molecular weight is 795 g/mol. The van der Waals surface area contributed by atoms with E-state index in [0.717, 1.165) is 5.56 Å². The van der Waals surface area contributed by atoms with Gasteiger partial charge >= 0.3 is 5.97 Å². The van der Waals surface area contributed by atoms with Crippen molar-refractivity contribution in [1.29, 1.82) is 0 Å². The summed E-state index contributed by atoms with van der Waals surface area (Å²) in [7, 11) is 1.50. The van der Waals surface area contributed by atoms with Gasteiger partial charge in [-0.15, -0.1) is 13.2 Å². The predicted octanol–water partition coefficient (Wildman–Crippen LogP) is 4.74. The highest BCUT2D eigenvalue weighted by Gasteiger charge is 2.77. The molecule has 0 radical (unpaired) electrons. The first-order valence-electron chi connectivity index (χ1n) is 18.3. The standard InChI is InChI=1S/C41H52BrN3O8/c1-6-8-19-32(47)43-31(25-51-5)35(28-17-13-10-14-18-28)52-40(50)33-34-38(48)45(29(24-46)21-26(3)4)37(41(34)22-30(42)36(33)53-41)39(49)44(20-7-2)23-27-15-11-9-12-16-27/h6-7,9-18,26,29-31,33-37,46H,1-2,8,19-25H2,3-5H3,(H,43,47)/t29-,30?,31-,33+,34-,35-,36+,37+,41-/m1/s1. The lowest BCUT2D eigenvalue weighted by molar-refractivity contribution is -0.163. The van der Waals surface area contributed by atoms with Crippen LogP contribution >= 0.6 is 15.9 Å². The van der Waals surface area contributed by atoms with E-state index in [1.807, 2.05) is 62.4 Å². The summed E-state index contributed by atoms with van der Waals surface area (Å²) in [5.41, 5.74) is 0.162. The largest absolute Gasteiger partial charge is 0.455 e. The van der Waals surface area contributed by atoms with Crippen LogP contribution in [0.5, 0.6) is 0 Å². The van der Waals surface area contributed by atoms with E-state index in [0.29, 0.717) is 24.8 Å². The van der Waals surface area contributed by atoms with Crippen molar-refractivity contribution in [2.75, 3.05) is 26.9 Å². The van der Waals surface area contributed by atoms with Gasteiger partial charge in [0.25, 0.3) is 0 Å². The van der Waals surface area contributed by atoms with Crippen LogP contribution in [0, 0.1) is 17.8 Å². The molecule has 3 heterocycles. The Hall–Kier alpha value is -3.84. The van der Waals surface area contributed by atoms with Crippen LogP contribution in [0.2, 0.25) is 0 Å². The number of carbonyl (C=O) groups is 4. The lowest BCUT2D eigenvalue weighted by Gasteiger charge is -2.40. The molecule has 2 N–H and O–H groups in total. The molecule has 3 aliphatic heterocycles. The van der Waals surface area contributed by atoms with Crippen molar-refractivity contribution >= 4 is 39.6 Å². The zero-order chi connectivity index (χ0) is 38.3. The molecule has 0 aromatic heterocycles. The van der Waals surface area contributed by atoms with Crippen LogP contribution in [0.25, 0.3) is 0 Å². The number of benzene rings is 2. The third-order valence-corrected chi connectivity index (χ3v) is 11.3. The third-order valence-electron chi connectivity index (χ3n) is 10.5. The molecule has 2 aromatic carbocycles. The first-order chi connectivity index (χ1) is 25.5. The Morgan fingerprint density at radius 2 is 1.79 bits per heavy atom. The van der Waals surface area contributed by atoms with Gasteiger partial charge in [-0.2, -0.15) is 0 Å². The topological polar surface area (TPSA) is 135 Å². The van der Waals surface area contributed by atoms with Crippen LogP contribution in [0.3, 0.4) is 0 Å². The molecule has 3 amide bonds. The summed E-state index contributed by atoms with van der Waals surface area (Å²) in [5, 5.41) is 13.7. The summed E-state index contributed by atoms with van der Waals surface area (Å²) < 4.78 is 18.6.